The fourth-order valence-corrected chi connectivity index (χ4v) is 3.39. The van der Waals surface area contributed by atoms with Gasteiger partial charge in [-0.2, -0.15) is 0 Å². The van der Waals surface area contributed by atoms with Crippen LogP contribution in [0.4, 0.5) is 0 Å². The summed E-state index contributed by atoms with van der Waals surface area (Å²) in [7, 11) is 15.5. The molecule has 0 heterocycles. The summed E-state index contributed by atoms with van der Waals surface area (Å²) >= 11 is -5.00. The molecular formula is C2H7Cl3N2ORe. The van der Waals surface area contributed by atoms with Crippen LogP contribution < -0.4 is 9.68 Å². The second kappa shape index (κ2) is 3.10. The fraction of sp³-hybridized carbons (Fsp3) is 1.00. The number of rotatable bonds is 3. The van der Waals surface area contributed by atoms with Gasteiger partial charge in [-0.1, -0.05) is 0 Å². The minimum absolute atomic E-state index is 0.266. The third-order valence-corrected chi connectivity index (χ3v) is 5.09. The van der Waals surface area contributed by atoms with Crippen molar-refractivity contribution in [2.24, 2.45) is 5.73 Å². The van der Waals surface area contributed by atoms with Crippen molar-refractivity contribution in [1.29, 1.82) is 0 Å². The maximum atomic E-state index is 10.8. The Labute approximate surface area is 66.1 Å². The summed E-state index contributed by atoms with van der Waals surface area (Å²) in [5, 5.41) is 0. The first-order valence-electron chi connectivity index (χ1n) is 2.03. The molecule has 0 aliphatic carbocycles. The molecule has 0 radical (unpaired) electrons. The molecule has 0 aromatic heterocycles. The van der Waals surface area contributed by atoms with Crippen LogP contribution in [-0.4, -0.2) is 13.1 Å². The van der Waals surface area contributed by atoms with E-state index in [0.29, 0.717) is 6.54 Å². The van der Waals surface area contributed by atoms with E-state index < -0.39 is 11.5 Å². The Bertz CT molecular complexity index is 143. The molecule has 3 nitrogen and oxygen atoms in total. The zero-order chi connectivity index (χ0) is 7.57. The normalized spacial score (nSPS) is 16.7. The van der Waals surface area contributed by atoms with Gasteiger partial charge in [0, 0.05) is 0 Å². The predicted molar refractivity (Wildman–Crippen MR) is 35.3 cm³/mol. The Kier molecular flexibility index (Phi) is 3.53. The fourth-order valence-electron chi connectivity index (χ4n) is 0.200. The third kappa shape index (κ3) is 9.25. The Morgan fingerprint density at radius 1 is 1.44 bits per heavy atom. The van der Waals surface area contributed by atoms with Gasteiger partial charge in [0.1, 0.15) is 0 Å². The van der Waals surface area contributed by atoms with E-state index in [9.17, 15) is 3.47 Å². The van der Waals surface area contributed by atoms with Gasteiger partial charge < -0.3 is 0 Å². The first kappa shape index (κ1) is 10.3. The van der Waals surface area contributed by atoms with Crippen molar-refractivity contribution in [1.82, 2.24) is 3.95 Å². The summed E-state index contributed by atoms with van der Waals surface area (Å²) in [6.45, 7) is 0.568. The predicted octanol–water partition coefficient (Wildman–Crippen LogP) is 0.946. The number of hydrogen-bond acceptors (Lipinski definition) is 2. The standard InChI is InChI=1S/C2H7N2.3ClH.O.Re/c3-1-2-4;;;;;/h3H,1-2,4H2;3*1H;;/q-1;;;;;+4/p-3. The maximum absolute atomic E-state index is 10.8. The van der Waals surface area contributed by atoms with Gasteiger partial charge in [0.15, 0.2) is 0 Å². The van der Waals surface area contributed by atoms with E-state index in [1.54, 1.807) is 0 Å². The summed E-state index contributed by atoms with van der Waals surface area (Å²) in [5.41, 5.74) is 5.05. The molecule has 0 saturated carbocycles. The monoisotopic (exact) mass is 367 g/mol. The van der Waals surface area contributed by atoms with Crippen molar-refractivity contribution in [3.8, 4) is 0 Å². The van der Waals surface area contributed by atoms with Crippen LogP contribution in [0.2, 0.25) is 0 Å². The number of halogens is 3. The number of hydrogen-bond donors (Lipinski definition) is 2. The van der Waals surface area contributed by atoms with Gasteiger partial charge in [0.05, 0.1) is 0 Å². The first-order valence-corrected chi connectivity index (χ1v) is 14.6. The van der Waals surface area contributed by atoms with Gasteiger partial charge in [0.25, 0.3) is 0 Å². The van der Waals surface area contributed by atoms with E-state index in [1.165, 1.54) is 0 Å². The van der Waals surface area contributed by atoms with Gasteiger partial charge in [0.2, 0.25) is 0 Å². The van der Waals surface area contributed by atoms with E-state index >= 15 is 0 Å². The second-order valence-electron chi connectivity index (χ2n) is 1.30. The van der Waals surface area contributed by atoms with E-state index in [4.69, 9.17) is 34.3 Å². The zero-order valence-electron chi connectivity index (χ0n) is 4.41. The van der Waals surface area contributed by atoms with Crippen molar-refractivity contribution in [3.05, 3.63) is 0 Å². The third-order valence-electron chi connectivity index (χ3n) is 0.445. The molecule has 0 aromatic carbocycles. The first-order chi connectivity index (χ1) is 3.81. The van der Waals surface area contributed by atoms with Crippen LogP contribution in [-0.2, 0) is 14.9 Å². The molecule has 0 aromatic rings. The summed E-state index contributed by atoms with van der Waals surface area (Å²) in [5.74, 6) is 0. The van der Waals surface area contributed by atoms with Crippen LogP contribution in [0.15, 0.2) is 0 Å². The Morgan fingerprint density at radius 2 is 1.89 bits per heavy atom. The Balaban J connectivity index is 3.76. The van der Waals surface area contributed by atoms with Gasteiger partial charge in [-0.25, -0.2) is 0 Å². The molecular weight excluding hydrogens is 361 g/mol. The molecule has 0 unspecified atom stereocenters. The molecule has 0 spiro atoms. The second-order valence-corrected chi connectivity index (χ2v) is 23.8. The van der Waals surface area contributed by atoms with Crippen LogP contribution in [0.3, 0.4) is 0 Å². The summed E-state index contributed by atoms with van der Waals surface area (Å²) < 4.78 is 13.0. The summed E-state index contributed by atoms with van der Waals surface area (Å²) in [6, 6.07) is 0. The molecule has 0 bridgehead atoms. The Hall–Kier alpha value is 1.25. The quantitative estimate of drug-likeness (QED) is 0.781. The van der Waals surface area contributed by atoms with Crippen LogP contribution in [0.5, 0.6) is 0 Å². The SMILES string of the molecule is NCC[NH][Re](=[O])([Cl])([Cl])[Cl]. The molecule has 3 N–H and O–H groups in total. The molecule has 0 rings (SSSR count). The van der Waals surface area contributed by atoms with Gasteiger partial charge in [-0.05, 0) is 0 Å². The van der Waals surface area contributed by atoms with Crippen molar-refractivity contribution >= 4 is 28.6 Å². The molecule has 0 aliphatic heterocycles. The topological polar surface area (TPSA) is 55.1 Å². The Morgan fingerprint density at radius 3 is 2.00 bits per heavy atom. The van der Waals surface area contributed by atoms with Crippen molar-refractivity contribution in [2.45, 2.75) is 0 Å². The van der Waals surface area contributed by atoms with Crippen molar-refractivity contribution in [2.75, 3.05) is 13.1 Å². The molecule has 0 amide bonds. The zero-order valence-corrected chi connectivity index (χ0v) is 9.40. The van der Waals surface area contributed by atoms with Gasteiger partial charge in [-0.15, -0.1) is 0 Å². The van der Waals surface area contributed by atoms with Gasteiger partial charge >= 0.3 is 66.3 Å². The minimum atomic E-state index is -5.00. The molecule has 9 heavy (non-hydrogen) atoms. The van der Waals surface area contributed by atoms with E-state index in [2.05, 4.69) is 3.95 Å². The number of nitrogens with two attached hydrogens (primary N) is 1. The number of nitrogens with one attached hydrogen (secondary N) is 1. The molecule has 0 aliphatic rings. The molecule has 0 atom stereocenters. The molecule has 59 valence electrons. The van der Waals surface area contributed by atoms with E-state index in [-0.39, 0.29) is 6.54 Å². The van der Waals surface area contributed by atoms with Crippen LogP contribution in [0.1, 0.15) is 0 Å². The van der Waals surface area contributed by atoms with Gasteiger partial charge in [-0.3, -0.25) is 0 Å². The molecule has 7 heteroatoms. The summed E-state index contributed by atoms with van der Waals surface area (Å²) in [6.07, 6.45) is 0. The summed E-state index contributed by atoms with van der Waals surface area (Å²) in [4.78, 5) is 0. The van der Waals surface area contributed by atoms with Crippen LogP contribution in [0.25, 0.3) is 0 Å². The van der Waals surface area contributed by atoms with E-state index in [1.807, 2.05) is 0 Å². The molecule has 0 fully saturated rings. The van der Waals surface area contributed by atoms with Crippen LogP contribution >= 0.6 is 28.6 Å². The van der Waals surface area contributed by atoms with Crippen LogP contribution in [0, 0.1) is 0 Å². The average molecular weight is 368 g/mol. The van der Waals surface area contributed by atoms with E-state index in [0.717, 1.165) is 0 Å². The average Bonchev–Trinajstić information content (AvgIpc) is 1.57. The van der Waals surface area contributed by atoms with Crippen molar-refractivity contribution < 1.29 is 14.9 Å². The van der Waals surface area contributed by atoms with Crippen molar-refractivity contribution in [3.63, 3.8) is 0 Å². The molecule has 0 saturated heterocycles.